The van der Waals surface area contributed by atoms with Gasteiger partial charge in [-0.15, -0.1) is 0 Å². The molecule has 1 fully saturated rings. The number of fused-ring (bicyclic) bond motifs is 1. The van der Waals surface area contributed by atoms with E-state index in [0.717, 1.165) is 31.5 Å². The van der Waals surface area contributed by atoms with E-state index in [1.165, 1.54) is 5.56 Å². The fourth-order valence-corrected chi connectivity index (χ4v) is 2.71. The Morgan fingerprint density at radius 1 is 1.29 bits per heavy atom. The summed E-state index contributed by atoms with van der Waals surface area (Å²) >= 11 is 0. The summed E-state index contributed by atoms with van der Waals surface area (Å²) in [5.74, 6) is 0.359. The monoisotopic (exact) mass is 187 g/mol. The summed E-state index contributed by atoms with van der Waals surface area (Å²) in [6, 6.07) is 8.02. The lowest BCUT2D eigenvalue weighted by Crippen LogP contribution is -2.30. The van der Waals surface area contributed by atoms with E-state index in [4.69, 9.17) is 0 Å². The molecule has 1 aromatic rings. The Morgan fingerprint density at radius 2 is 2.14 bits per heavy atom. The number of rotatable bonds is 0. The average molecular weight is 187 g/mol. The first kappa shape index (κ1) is 8.18. The van der Waals surface area contributed by atoms with Crippen molar-refractivity contribution >= 4 is 5.78 Å². The number of nitrogens with one attached hydrogen (secondary N) is 1. The summed E-state index contributed by atoms with van der Waals surface area (Å²) in [5.41, 5.74) is 2.10. The number of ketones is 1. The highest BCUT2D eigenvalue weighted by atomic mass is 16.1. The number of Topliss-reactive ketones (excluding diaryl/α,β-unsaturated/α-hetero) is 1. The number of benzene rings is 1. The summed E-state index contributed by atoms with van der Waals surface area (Å²) < 4.78 is 0. The van der Waals surface area contributed by atoms with Crippen molar-refractivity contribution in [3.05, 3.63) is 35.4 Å². The quantitative estimate of drug-likeness (QED) is 0.665. The molecule has 1 N–H and O–H groups in total. The predicted molar refractivity (Wildman–Crippen MR) is 54.4 cm³/mol. The second-order valence-corrected chi connectivity index (χ2v) is 4.37. The average Bonchev–Trinajstić information content (AvgIpc) is 2.77. The Hall–Kier alpha value is -1.15. The van der Waals surface area contributed by atoms with Crippen LogP contribution in [0.5, 0.6) is 0 Å². The SMILES string of the molecule is O=C1c2ccccc2CC12CCNC2. The predicted octanol–water partition coefficient (Wildman–Crippen LogP) is 1.41. The van der Waals surface area contributed by atoms with Gasteiger partial charge in [-0.3, -0.25) is 4.79 Å². The molecule has 3 rings (SSSR count). The van der Waals surface area contributed by atoms with Gasteiger partial charge in [-0.25, -0.2) is 0 Å². The highest BCUT2D eigenvalue weighted by Gasteiger charge is 2.46. The molecule has 2 aliphatic rings. The minimum atomic E-state index is -0.0936. The van der Waals surface area contributed by atoms with E-state index in [0.29, 0.717) is 5.78 Å². The molecule has 2 heteroatoms. The van der Waals surface area contributed by atoms with Gasteiger partial charge in [0.2, 0.25) is 0 Å². The topological polar surface area (TPSA) is 29.1 Å². The van der Waals surface area contributed by atoms with E-state index < -0.39 is 0 Å². The number of hydrogen-bond donors (Lipinski definition) is 1. The van der Waals surface area contributed by atoms with Gasteiger partial charge in [-0.2, -0.15) is 0 Å². The van der Waals surface area contributed by atoms with Gasteiger partial charge in [0.05, 0.1) is 5.41 Å². The van der Waals surface area contributed by atoms with Crippen molar-refractivity contribution in [1.82, 2.24) is 5.32 Å². The standard InChI is InChI=1S/C12H13NO/c14-11-10-4-2-1-3-9(10)7-12(11)5-6-13-8-12/h1-4,13H,5-8H2. The molecular weight excluding hydrogens is 174 g/mol. The molecule has 0 saturated carbocycles. The first-order valence-electron chi connectivity index (χ1n) is 5.15. The molecule has 0 aromatic heterocycles. The highest BCUT2D eigenvalue weighted by Crippen LogP contribution is 2.40. The van der Waals surface area contributed by atoms with Crippen molar-refractivity contribution in [2.24, 2.45) is 5.41 Å². The van der Waals surface area contributed by atoms with E-state index in [1.54, 1.807) is 0 Å². The van der Waals surface area contributed by atoms with Crippen LogP contribution in [0, 0.1) is 5.41 Å². The molecule has 1 aromatic carbocycles. The highest BCUT2D eigenvalue weighted by molar-refractivity contribution is 6.05. The van der Waals surface area contributed by atoms with Crippen molar-refractivity contribution < 1.29 is 4.79 Å². The lowest BCUT2D eigenvalue weighted by Gasteiger charge is -2.18. The summed E-state index contributed by atoms with van der Waals surface area (Å²) in [6.07, 6.45) is 1.94. The number of hydrogen-bond acceptors (Lipinski definition) is 2. The summed E-state index contributed by atoms with van der Waals surface area (Å²) in [7, 11) is 0. The molecule has 1 aliphatic heterocycles. The summed E-state index contributed by atoms with van der Waals surface area (Å²) in [5, 5.41) is 3.30. The third-order valence-electron chi connectivity index (χ3n) is 3.52. The molecule has 1 heterocycles. The van der Waals surface area contributed by atoms with Crippen molar-refractivity contribution in [2.45, 2.75) is 12.8 Å². The molecule has 0 radical (unpaired) electrons. The largest absolute Gasteiger partial charge is 0.316 e. The van der Waals surface area contributed by atoms with Gasteiger partial charge in [0, 0.05) is 12.1 Å². The molecule has 1 saturated heterocycles. The minimum Gasteiger partial charge on any atom is -0.316 e. The van der Waals surface area contributed by atoms with E-state index in [1.807, 2.05) is 18.2 Å². The van der Waals surface area contributed by atoms with Crippen LogP contribution in [0.1, 0.15) is 22.3 Å². The smallest absolute Gasteiger partial charge is 0.170 e. The molecule has 2 nitrogen and oxygen atoms in total. The van der Waals surface area contributed by atoms with E-state index in [9.17, 15) is 4.79 Å². The van der Waals surface area contributed by atoms with Gasteiger partial charge < -0.3 is 5.32 Å². The number of carbonyl (C=O) groups excluding carboxylic acids is 1. The Bertz CT molecular complexity index is 391. The zero-order chi connectivity index (χ0) is 9.60. The first-order chi connectivity index (χ1) is 6.82. The normalized spacial score (nSPS) is 29.9. The van der Waals surface area contributed by atoms with Gasteiger partial charge >= 0.3 is 0 Å². The zero-order valence-corrected chi connectivity index (χ0v) is 8.05. The molecule has 72 valence electrons. The third-order valence-corrected chi connectivity index (χ3v) is 3.52. The molecule has 14 heavy (non-hydrogen) atoms. The molecular formula is C12H13NO. The Labute approximate surface area is 83.3 Å². The third kappa shape index (κ3) is 0.919. The van der Waals surface area contributed by atoms with E-state index in [2.05, 4.69) is 11.4 Å². The minimum absolute atomic E-state index is 0.0936. The van der Waals surface area contributed by atoms with Crippen LogP contribution in [0.4, 0.5) is 0 Å². The van der Waals surface area contributed by atoms with Crippen LogP contribution in [0.3, 0.4) is 0 Å². The maximum absolute atomic E-state index is 12.2. The van der Waals surface area contributed by atoms with Crippen LogP contribution in [0.2, 0.25) is 0 Å². The molecule has 1 atom stereocenters. The summed E-state index contributed by atoms with van der Waals surface area (Å²) in [4.78, 5) is 12.2. The lowest BCUT2D eigenvalue weighted by atomic mass is 9.83. The zero-order valence-electron chi connectivity index (χ0n) is 8.05. The summed E-state index contributed by atoms with van der Waals surface area (Å²) in [6.45, 7) is 1.85. The van der Waals surface area contributed by atoms with Crippen LogP contribution >= 0.6 is 0 Å². The second kappa shape index (κ2) is 2.67. The van der Waals surface area contributed by atoms with Crippen LogP contribution in [0.25, 0.3) is 0 Å². The molecule has 1 unspecified atom stereocenters. The van der Waals surface area contributed by atoms with Gasteiger partial charge in [-0.1, -0.05) is 24.3 Å². The second-order valence-electron chi connectivity index (χ2n) is 4.37. The van der Waals surface area contributed by atoms with Gasteiger partial charge in [0.1, 0.15) is 0 Å². The Balaban J connectivity index is 2.09. The van der Waals surface area contributed by atoms with Crippen molar-refractivity contribution in [1.29, 1.82) is 0 Å². The van der Waals surface area contributed by atoms with Crippen molar-refractivity contribution in [3.63, 3.8) is 0 Å². The van der Waals surface area contributed by atoms with Crippen LogP contribution in [0.15, 0.2) is 24.3 Å². The Kier molecular flexibility index (Phi) is 1.56. The van der Waals surface area contributed by atoms with Gasteiger partial charge in [0.25, 0.3) is 0 Å². The molecule has 1 spiro atoms. The molecule has 1 aliphatic carbocycles. The fourth-order valence-electron chi connectivity index (χ4n) is 2.71. The van der Waals surface area contributed by atoms with E-state index >= 15 is 0 Å². The van der Waals surface area contributed by atoms with Crippen LogP contribution in [-0.2, 0) is 6.42 Å². The lowest BCUT2D eigenvalue weighted by molar-refractivity contribution is 0.0844. The van der Waals surface area contributed by atoms with Crippen LogP contribution in [-0.4, -0.2) is 18.9 Å². The Morgan fingerprint density at radius 3 is 2.86 bits per heavy atom. The fraction of sp³-hybridized carbons (Fsp3) is 0.417. The molecule has 0 amide bonds. The maximum atomic E-state index is 12.2. The van der Waals surface area contributed by atoms with Gasteiger partial charge in [-0.05, 0) is 24.9 Å². The first-order valence-corrected chi connectivity index (χ1v) is 5.15. The van der Waals surface area contributed by atoms with E-state index in [-0.39, 0.29) is 5.41 Å². The maximum Gasteiger partial charge on any atom is 0.170 e. The van der Waals surface area contributed by atoms with Gasteiger partial charge in [0.15, 0.2) is 5.78 Å². The van der Waals surface area contributed by atoms with Crippen LogP contribution < -0.4 is 5.32 Å². The van der Waals surface area contributed by atoms with Crippen molar-refractivity contribution in [3.8, 4) is 0 Å². The number of carbonyl (C=O) groups is 1. The molecule has 0 bridgehead atoms. The van der Waals surface area contributed by atoms with Crippen molar-refractivity contribution in [2.75, 3.05) is 13.1 Å².